The molecule has 0 aromatic heterocycles. The van der Waals surface area contributed by atoms with Crippen LogP contribution in [0.2, 0.25) is 0 Å². The third-order valence-electron chi connectivity index (χ3n) is 2.67. The van der Waals surface area contributed by atoms with Gasteiger partial charge in [0.05, 0.1) is 11.0 Å². The van der Waals surface area contributed by atoms with E-state index in [9.17, 15) is 19.6 Å². The van der Waals surface area contributed by atoms with E-state index in [-0.39, 0.29) is 11.3 Å². The lowest BCUT2D eigenvalue weighted by molar-refractivity contribution is -0.385. The SMILES string of the molecule is CCC(O)C(C)c1cc(F)ccc1[N+](=O)[O-]. The second kappa shape index (κ2) is 5.03. The highest BCUT2D eigenvalue weighted by molar-refractivity contribution is 5.43. The van der Waals surface area contributed by atoms with Gasteiger partial charge in [-0.15, -0.1) is 0 Å². The van der Waals surface area contributed by atoms with Gasteiger partial charge >= 0.3 is 0 Å². The highest BCUT2D eigenvalue weighted by Gasteiger charge is 2.23. The molecule has 0 radical (unpaired) electrons. The summed E-state index contributed by atoms with van der Waals surface area (Å²) < 4.78 is 13.0. The maximum Gasteiger partial charge on any atom is 0.273 e. The van der Waals surface area contributed by atoms with Gasteiger partial charge in [0.2, 0.25) is 0 Å². The van der Waals surface area contributed by atoms with Gasteiger partial charge in [-0.05, 0) is 18.6 Å². The van der Waals surface area contributed by atoms with E-state index in [1.54, 1.807) is 13.8 Å². The lowest BCUT2D eigenvalue weighted by Crippen LogP contribution is -2.16. The molecule has 16 heavy (non-hydrogen) atoms. The zero-order valence-electron chi connectivity index (χ0n) is 9.18. The Hall–Kier alpha value is -1.49. The minimum atomic E-state index is -0.708. The number of hydrogen-bond donors (Lipinski definition) is 1. The molecule has 0 aliphatic rings. The molecular weight excluding hydrogens is 213 g/mol. The van der Waals surface area contributed by atoms with Crippen LogP contribution in [0.5, 0.6) is 0 Å². The zero-order valence-corrected chi connectivity index (χ0v) is 9.18. The Labute approximate surface area is 92.9 Å². The van der Waals surface area contributed by atoms with E-state index in [1.807, 2.05) is 0 Å². The number of nitro groups is 1. The molecule has 2 unspecified atom stereocenters. The van der Waals surface area contributed by atoms with Crippen LogP contribution in [0.15, 0.2) is 18.2 Å². The Kier molecular flexibility index (Phi) is 3.95. The summed E-state index contributed by atoms with van der Waals surface area (Å²) >= 11 is 0. The molecule has 4 nitrogen and oxygen atoms in total. The van der Waals surface area contributed by atoms with E-state index in [0.29, 0.717) is 6.42 Å². The van der Waals surface area contributed by atoms with E-state index in [2.05, 4.69) is 0 Å². The highest BCUT2D eigenvalue weighted by atomic mass is 19.1. The lowest BCUT2D eigenvalue weighted by Gasteiger charge is -2.17. The summed E-state index contributed by atoms with van der Waals surface area (Å²) in [6.45, 7) is 3.42. The van der Waals surface area contributed by atoms with Crippen LogP contribution in [0.1, 0.15) is 31.7 Å². The van der Waals surface area contributed by atoms with Gasteiger partial charge in [-0.1, -0.05) is 13.8 Å². The number of hydrogen-bond acceptors (Lipinski definition) is 3. The predicted octanol–water partition coefficient (Wildman–Crippen LogP) is 2.61. The summed E-state index contributed by atoms with van der Waals surface area (Å²) in [5.41, 5.74) is 0.0840. The number of halogens is 1. The first-order chi connectivity index (χ1) is 7.47. The molecule has 1 rings (SSSR count). The molecule has 0 aliphatic heterocycles. The fourth-order valence-corrected chi connectivity index (χ4v) is 1.62. The molecule has 88 valence electrons. The largest absolute Gasteiger partial charge is 0.393 e. The lowest BCUT2D eigenvalue weighted by atomic mass is 9.92. The van der Waals surface area contributed by atoms with Crippen molar-refractivity contribution in [2.45, 2.75) is 32.3 Å². The molecule has 5 heteroatoms. The average Bonchev–Trinajstić information content (AvgIpc) is 2.26. The van der Waals surface area contributed by atoms with Gasteiger partial charge in [-0.2, -0.15) is 0 Å². The fourth-order valence-electron chi connectivity index (χ4n) is 1.62. The fraction of sp³-hybridized carbons (Fsp3) is 0.455. The summed E-state index contributed by atoms with van der Waals surface area (Å²) in [5.74, 6) is -0.989. The van der Waals surface area contributed by atoms with E-state index in [0.717, 1.165) is 18.2 Å². The molecule has 0 heterocycles. The summed E-state index contributed by atoms with van der Waals surface area (Å²) in [6.07, 6.45) is -0.241. The highest BCUT2D eigenvalue weighted by Crippen LogP contribution is 2.30. The molecule has 0 spiro atoms. The van der Waals surface area contributed by atoms with Crippen LogP contribution in [0.3, 0.4) is 0 Å². The van der Waals surface area contributed by atoms with Crippen molar-refractivity contribution < 1.29 is 14.4 Å². The normalized spacial score (nSPS) is 14.5. The number of rotatable bonds is 4. The molecule has 0 aliphatic carbocycles. The molecule has 0 fully saturated rings. The monoisotopic (exact) mass is 227 g/mol. The van der Waals surface area contributed by atoms with Crippen molar-refractivity contribution in [2.75, 3.05) is 0 Å². The predicted molar refractivity (Wildman–Crippen MR) is 57.8 cm³/mol. The van der Waals surface area contributed by atoms with Crippen molar-refractivity contribution in [2.24, 2.45) is 0 Å². The van der Waals surface area contributed by atoms with Gasteiger partial charge in [0.1, 0.15) is 5.82 Å². The van der Waals surface area contributed by atoms with Gasteiger partial charge in [0.25, 0.3) is 5.69 Å². The first-order valence-corrected chi connectivity index (χ1v) is 5.09. The number of nitro benzene ring substituents is 1. The first-order valence-electron chi connectivity index (χ1n) is 5.09. The molecule has 0 amide bonds. The van der Waals surface area contributed by atoms with E-state index in [1.165, 1.54) is 0 Å². The number of nitrogens with zero attached hydrogens (tertiary/aromatic N) is 1. The van der Waals surface area contributed by atoms with Crippen molar-refractivity contribution in [1.82, 2.24) is 0 Å². The van der Waals surface area contributed by atoms with Crippen molar-refractivity contribution >= 4 is 5.69 Å². The maximum atomic E-state index is 13.0. The Balaban J connectivity index is 3.19. The Morgan fingerprint density at radius 1 is 1.56 bits per heavy atom. The number of aliphatic hydroxyl groups is 1. The molecule has 0 bridgehead atoms. The van der Waals surface area contributed by atoms with Gasteiger partial charge in [-0.25, -0.2) is 4.39 Å². The van der Waals surface area contributed by atoms with Crippen LogP contribution in [-0.4, -0.2) is 16.1 Å². The van der Waals surface area contributed by atoms with Crippen LogP contribution in [0.25, 0.3) is 0 Å². The van der Waals surface area contributed by atoms with E-state index in [4.69, 9.17) is 0 Å². The molecule has 0 saturated carbocycles. The van der Waals surface area contributed by atoms with Gasteiger partial charge in [0.15, 0.2) is 0 Å². The Bertz CT molecular complexity index is 395. The van der Waals surface area contributed by atoms with Crippen molar-refractivity contribution in [3.63, 3.8) is 0 Å². The van der Waals surface area contributed by atoms with Crippen molar-refractivity contribution in [3.05, 3.63) is 39.7 Å². The number of aliphatic hydroxyl groups excluding tert-OH is 1. The Morgan fingerprint density at radius 3 is 2.69 bits per heavy atom. The minimum Gasteiger partial charge on any atom is -0.393 e. The van der Waals surface area contributed by atoms with E-state index >= 15 is 0 Å². The third-order valence-corrected chi connectivity index (χ3v) is 2.67. The molecule has 1 aromatic carbocycles. The summed E-state index contributed by atoms with van der Waals surface area (Å²) in [6, 6.07) is 3.29. The zero-order chi connectivity index (χ0) is 12.3. The first kappa shape index (κ1) is 12.6. The van der Waals surface area contributed by atoms with Gasteiger partial charge in [-0.3, -0.25) is 10.1 Å². The molecular formula is C11H14FNO3. The van der Waals surface area contributed by atoms with Crippen LogP contribution in [0.4, 0.5) is 10.1 Å². The molecule has 1 aromatic rings. The molecule has 1 N–H and O–H groups in total. The summed E-state index contributed by atoms with van der Waals surface area (Å²) in [4.78, 5) is 10.2. The second-order valence-corrected chi connectivity index (χ2v) is 3.72. The second-order valence-electron chi connectivity index (χ2n) is 3.72. The Morgan fingerprint density at radius 2 is 2.19 bits per heavy atom. The number of benzene rings is 1. The van der Waals surface area contributed by atoms with Crippen molar-refractivity contribution in [1.29, 1.82) is 0 Å². The third kappa shape index (κ3) is 2.55. The maximum absolute atomic E-state index is 13.0. The van der Waals surface area contributed by atoms with Crippen LogP contribution in [0, 0.1) is 15.9 Å². The smallest absolute Gasteiger partial charge is 0.273 e. The van der Waals surface area contributed by atoms with Crippen LogP contribution < -0.4 is 0 Å². The van der Waals surface area contributed by atoms with Crippen LogP contribution in [-0.2, 0) is 0 Å². The van der Waals surface area contributed by atoms with E-state index < -0.39 is 22.8 Å². The van der Waals surface area contributed by atoms with Gasteiger partial charge in [0, 0.05) is 17.5 Å². The standard InChI is InChI=1S/C11H14FNO3/c1-3-11(14)7(2)9-6-8(12)4-5-10(9)13(15)16/h4-7,11,14H,3H2,1-2H3. The van der Waals surface area contributed by atoms with Gasteiger partial charge < -0.3 is 5.11 Å². The molecule has 2 atom stereocenters. The van der Waals surface area contributed by atoms with Crippen molar-refractivity contribution in [3.8, 4) is 0 Å². The average molecular weight is 227 g/mol. The van der Waals surface area contributed by atoms with Crippen LogP contribution >= 0.6 is 0 Å². The molecule has 0 saturated heterocycles. The topological polar surface area (TPSA) is 63.4 Å². The summed E-state index contributed by atoms with van der Waals surface area (Å²) in [7, 11) is 0. The minimum absolute atomic E-state index is 0.151. The summed E-state index contributed by atoms with van der Waals surface area (Å²) in [5, 5.41) is 20.4. The quantitative estimate of drug-likeness (QED) is 0.635.